The van der Waals surface area contributed by atoms with E-state index in [0.717, 1.165) is 25.8 Å². The van der Waals surface area contributed by atoms with E-state index in [0.29, 0.717) is 22.6 Å². The highest BCUT2D eigenvalue weighted by atomic mass is 16.6. The van der Waals surface area contributed by atoms with Gasteiger partial charge in [-0.1, -0.05) is 19.8 Å². The predicted octanol–water partition coefficient (Wildman–Crippen LogP) is 0.0737. The van der Waals surface area contributed by atoms with Crippen molar-refractivity contribution in [2.24, 2.45) is 0 Å². The van der Waals surface area contributed by atoms with Crippen molar-refractivity contribution in [3.8, 4) is 11.4 Å². The summed E-state index contributed by atoms with van der Waals surface area (Å²) in [5.41, 5.74) is 7.52. The number of aryl methyl sites for hydroxylation is 1. The average Bonchev–Trinajstić information content (AvgIpc) is 3.41. The normalized spacial score (nSPS) is 24.6. The molecule has 156 valence electrons. The van der Waals surface area contributed by atoms with Crippen LogP contribution in [-0.2, 0) is 11.3 Å². The summed E-state index contributed by atoms with van der Waals surface area (Å²) < 4.78 is 8.92. The maximum atomic E-state index is 10.3. The van der Waals surface area contributed by atoms with Crippen molar-refractivity contribution in [1.82, 2.24) is 29.3 Å². The van der Waals surface area contributed by atoms with E-state index in [4.69, 9.17) is 10.5 Å². The Balaban J connectivity index is 1.67. The van der Waals surface area contributed by atoms with E-state index in [2.05, 4.69) is 27.0 Å². The van der Waals surface area contributed by atoms with Crippen molar-refractivity contribution >= 4 is 17.0 Å². The molecule has 1 aliphatic heterocycles. The molecule has 1 unspecified atom stereocenters. The number of fused-ring (bicyclic) bond motifs is 1. The van der Waals surface area contributed by atoms with E-state index in [1.54, 1.807) is 6.20 Å². The topological polar surface area (TPSA) is 157 Å². The molecule has 11 heteroatoms. The molecule has 4 heterocycles. The lowest BCUT2D eigenvalue weighted by Crippen LogP contribution is -2.33. The van der Waals surface area contributed by atoms with Crippen LogP contribution in [-0.4, -0.2) is 69.5 Å². The van der Waals surface area contributed by atoms with Crippen LogP contribution < -0.4 is 5.73 Å². The molecular weight excluding hydrogens is 378 g/mol. The predicted molar refractivity (Wildman–Crippen MR) is 103 cm³/mol. The second-order valence-electron chi connectivity index (χ2n) is 7.18. The van der Waals surface area contributed by atoms with E-state index >= 15 is 0 Å². The Bertz CT molecular complexity index is 988. The maximum absolute atomic E-state index is 10.3. The van der Waals surface area contributed by atoms with Gasteiger partial charge in [0.1, 0.15) is 23.8 Å². The van der Waals surface area contributed by atoms with Crippen LogP contribution in [0, 0.1) is 0 Å². The Kier molecular flexibility index (Phi) is 5.46. The highest BCUT2D eigenvalue weighted by Gasteiger charge is 2.44. The fraction of sp³-hybridized carbons (Fsp3) is 0.556. The van der Waals surface area contributed by atoms with Gasteiger partial charge in [0.05, 0.1) is 24.7 Å². The number of rotatable bonds is 7. The van der Waals surface area contributed by atoms with Gasteiger partial charge in [-0.15, -0.1) is 0 Å². The summed E-state index contributed by atoms with van der Waals surface area (Å²) in [4.78, 5) is 13.1. The highest BCUT2D eigenvalue weighted by molar-refractivity contribution is 5.83. The van der Waals surface area contributed by atoms with Gasteiger partial charge in [-0.3, -0.25) is 9.25 Å². The Morgan fingerprint density at radius 1 is 1.21 bits per heavy atom. The number of nitrogens with two attached hydrogens (primary N) is 1. The summed E-state index contributed by atoms with van der Waals surface area (Å²) in [7, 11) is 0. The Morgan fingerprint density at radius 2 is 2.03 bits per heavy atom. The molecular formula is C18H25N7O4. The minimum Gasteiger partial charge on any atom is -0.394 e. The van der Waals surface area contributed by atoms with Crippen LogP contribution in [0.3, 0.4) is 0 Å². The van der Waals surface area contributed by atoms with Gasteiger partial charge in [0.2, 0.25) is 0 Å². The lowest BCUT2D eigenvalue weighted by atomic mass is 10.1. The largest absolute Gasteiger partial charge is 0.394 e. The van der Waals surface area contributed by atoms with Crippen LogP contribution in [0.4, 0.5) is 5.82 Å². The number of imidazole rings is 1. The minimum atomic E-state index is -1.24. The number of nitrogen functional groups attached to an aromatic ring is 1. The lowest BCUT2D eigenvalue weighted by molar-refractivity contribution is -0.0511. The van der Waals surface area contributed by atoms with E-state index < -0.39 is 31.1 Å². The number of unbranched alkanes of at least 4 members (excludes halogenated alkanes) is 2. The number of aromatic nitrogens is 6. The first-order valence-electron chi connectivity index (χ1n) is 9.68. The number of anilines is 1. The van der Waals surface area contributed by atoms with Gasteiger partial charge in [0.15, 0.2) is 23.5 Å². The first kappa shape index (κ1) is 19.7. The fourth-order valence-electron chi connectivity index (χ4n) is 3.49. The monoisotopic (exact) mass is 403 g/mol. The van der Waals surface area contributed by atoms with Gasteiger partial charge in [-0.2, -0.15) is 5.10 Å². The molecule has 0 saturated carbocycles. The van der Waals surface area contributed by atoms with Gasteiger partial charge in [0.25, 0.3) is 0 Å². The van der Waals surface area contributed by atoms with E-state index in [9.17, 15) is 15.3 Å². The molecule has 29 heavy (non-hydrogen) atoms. The molecule has 1 saturated heterocycles. The Hall–Kier alpha value is -2.60. The molecule has 3 aromatic heterocycles. The van der Waals surface area contributed by atoms with E-state index in [-0.39, 0.29) is 5.82 Å². The lowest BCUT2D eigenvalue weighted by Gasteiger charge is -2.16. The summed E-state index contributed by atoms with van der Waals surface area (Å²) in [5.74, 6) is 0.569. The first-order chi connectivity index (χ1) is 14.0. The van der Waals surface area contributed by atoms with Gasteiger partial charge in [-0.05, 0) is 6.42 Å². The quantitative estimate of drug-likeness (QED) is 0.401. The number of aliphatic hydroxyl groups is 3. The van der Waals surface area contributed by atoms with E-state index in [1.807, 2.05) is 10.9 Å². The van der Waals surface area contributed by atoms with Crippen LogP contribution in [0.5, 0.6) is 0 Å². The number of nitrogens with zero attached hydrogens (tertiary/aromatic N) is 6. The maximum Gasteiger partial charge on any atom is 0.168 e. The second kappa shape index (κ2) is 8.03. The molecule has 3 aromatic rings. The van der Waals surface area contributed by atoms with Crippen molar-refractivity contribution in [2.75, 3.05) is 12.3 Å². The molecule has 0 amide bonds. The van der Waals surface area contributed by atoms with Crippen molar-refractivity contribution in [1.29, 1.82) is 0 Å². The Labute approximate surface area is 166 Å². The van der Waals surface area contributed by atoms with Gasteiger partial charge in [0, 0.05) is 12.7 Å². The third kappa shape index (κ3) is 3.57. The third-order valence-electron chi connectivity index (χ3n) is 5.12. The van der Waals surface area contributed by atoms with Crippen LogP contribution in [0.1, 0.15) is 32.4 Å². The fourth-order valence-corrected chi connectivity index (χ4v) is 3.49. The standard InChI is InChI=1S/C18H25N7O4/c1-2-3-4-5-24-7-10(6-21-24)16-22-15(19)12-17(23-16)25(9-20-12)18-14(28)13(27)11(8-26)29-18/h6-7,9,11,13-14,18,26-28H,2-5,8H2,1H3,(H2,19,22,23)/t11-,13?,14-,18-/m1/s1. The third-order valence-corrected chi connectivity index (χ3v) is 5.12. The van der Waals surface area contributed by atoms with Crippen molar-refractivity contribution in [3.05, 3.63) is 18.7 Å². The van der Waals surface area contributed by atoms with Crippen molar-refractivity contribution in [3.63, 3.8) is 0 Å². The molecule has 4 rings (SSSR count). The van der Waals surface area contributed by atoms with Crippen LogP contribution in [0.25, 0.3) is 22.6 Å². The molecule has 5 N–H and O–H groups in total. The summed E-state index contributed by atoms with van der Waals surface area (Å²) in [6.07, 6.45) is 3.96. The second-order valence-corrected chi connectivity index (χ2v) is 7.18. The zero-order chi connectivity index (χ0) is 20.5. The first-order valence-corrected chi connectivity index (χ1v) is 9.68. The van der Waals surface area contributed by atoms with Crippen LogP contribution >= 0.6 is 0 Å². The van der Waals surface area contributed by atoms with Crippen LogP contribution in [0.2, 0.25) is 0 Å². The van der Waals surface area contributed by atoms with Crippen LogP contribution in [0.15, 0.2) is 18.7 Å². The molecule has 0 aliphatic carbocycles. The summed E-state index contributed by atoms with van der Waals surface area (Å²) >= 11 is 0. The molecule has 0 aromatic carbocycles. The van der Waals surface area contributed by atoms with E-state index in [1.165, 1.54) is 10.9 Å². The zero-order valence-electron chi connectivity index (χ0n) is 16.1. The Morgan fingerprint density at radius 3 is 2.76 bits per heavy atom. The number of hydrogen-bond donors (Lipinski definition) is 4. The smallest absolute Gasteiger partial charge is 0.168 e. The molecule has 1 fully saturated rings. The average molecular weight is 403 g/mol. The minimum absolute atomic E-state index is 0.189. The molecule has 4 atom stereocenters. The highest BCUT2D eigenvalue weighted by Crippen LogP contribution is 2.32. The van der Waals surface area contributed by atoms with Crippen molar-refractivity contribution in [2.45, 2.75) is 57.3 Å². The molecule has 11 nitrogen and oxygen atoms in total. The molecule has 0 radical (unpaired) electrons. The summed E-state index contributed by atoms with van der Waals surface area (Å²) in [5, 5.41) is 34.0. The number of hydrogen-bond acceptors (Lipinski definition) is 9. The SMILES string of the molecule is CCCCCn1cc(-c2nc(N)c3ncn([C@@H]4O[C@H](CO)C(O)[C@H]4O)c3n2)cn1. The summed E-state index contributed by atoms with van der Waals surface area (Å²) in [6, 6.07) is 0. The molecule has 0 spiro atoms. The number of ether oxygens (including phenoxy) is 1. The zero-order valence-corrected chi connectivity index (χ0v) is 16.1. The molecule has 1 aliphatic rings. The van der Waals surface area contributed by atoms with Gasteiger partial charge < -0.3 is 25.8 Å². The molecule has 0 bridgehead atoms. The summed E-state index contributed by atoms with van der Waals surface area (Å²) in [6.45, 7) is 2.54. The van der Waals surface area contributed by atoms with Gasteiger partial charge >= 0.3 is 0 Å². The van der Waals surface area contributed by atoms with Crippen molar-refractivity contribution < 1.29 is 20.1 Å². The number of aliphatic hydroxyl groups excluding tert-OH is 3. The van der Waals surface area contributed by atoms with Gasteiger partial charge in [-0.25, -0.2) is 15.0 Å².